The Morgan fingerprint density at radius 3 is 2.51 bits per heavy atom. The van der Waals surface area contributed by atoms with Crippen LogP contribution in [0.2, 0.25) is 0 Å². The average molecular weight is 591 g/mol. The molecule has 0 aromatic heterocycles. The Morgan fingerprint density at radius 2 is 1.77 bits per heavy atom. The summed E-state index contributed by atoms with van der Waals surface area (Å²) in [5, 5.41) is 6.44. The summed E-state index contributed by atoms with van der Waals surface area (Å²) < 4.78 is 6.58. The molecule has 3 saturated heterocycles. The second-order valence-electron chi connectivity index (χ2n) is 14.4. The van der Waals surface area contributed by atoms with Gasteiger partial charge in [0.1, 0.15) is 11.6 Å². The summed E-state index contributed by atoms with van der Waals surface area (Å²) in [5.74, 6) is -0.321. The number of hydrogen-bond donors (Lipinski definition) is 2. The standard InChI is InChI=1S/C35H50N4O4/c1-21-9-7-14-38(20-21)15-8-16-39-31(33(41)37-27-11-6-10-24(4)25(27)5)35-13-12-28(43-35)29(30(35)34(39)42)32(40)36-26-18-22(2)17-23(3)19-26/h12-13,17-19,21,24-25,27-31H,6-11,14-16,20H2,1-5H3,(H,36,40)(H,37,41)/t21-,24+,25-,27-,28+,29-,30+,31+,35+/m1/s1. The van der Waals surface area contributed by atoms with Gasteiger partial charge in [0.25, 0.3) is 0 Å². The first kappa shape index (κ1) is 30.3. The minimum Gasteiger partial charge on any atom is -0.359 e. The number of likely N-dealkylation sites (tertiary alicyclic amines) is 2. The highest BCUT2D eigenvalue weighted by molar-refractivity contribution is 6.02. The Hall–Kier alpha value is -2.71. The van der Waals surface area contributed by atoms with E-state index >= 15 is 0 Å². The molecule has 9 atom stereocenters. The molecule has 8 nitrogen and oxygen atoms in total. The number of piperidine rings is 1. The first-order chi connectivity index (χ1) is 20.6. The molecule has 234 valence electrons. The van der Waals surface area contributed by atoms with E-state index in [-0.39, 0.29) is 23.8 Å². The van der Waals surface area contributed by atoms with Gasteiger partial charge in [0, 0.05) is 24.8 Å². The normalized spacial score (nSPS) is 37.0. The summed E-state index contributed by atoms with van der Waals surface area (Å²) >= 11 is 0. The van der Waals surface area contributed by atoms with Gasteiger partial charge in [-0.1, -0.05) is 51.8 Å². The van der Waals surface area contributed by atoms with Crippen LogP contribution in [0.15, 0.2) is 30.4 Å². The van der Waals surface area contributed by atoms with Gasteiger partial charge in [-0.3, -0.25) is 14.4 Å². The predicted molar refractivity (Wildman–Crippen MR) is 167 cm³/mol. The summed E-state index contributed by atoms with van der Waals surface area (Å²) in [6, 6.07) is 5.24. The van der Waals surface area contributed by atoms with Crippen molar-refractivity contribution in [2.24, 2.45) is 29.6 Å². The number of anilines is 1. The van der Waals surface area contributed by atoms with Gasteiger partial charge in [0.15, 0.2) is 0 Å². The topological polar surface area (TPSA) is 91.0 Å². The van der Waals surface area contributed by atoms with E-state index in [0.717, 1.165) is 55.7 Å². The Labute approximate surface area is 257 Å². The lowest BCUT2D eigenvalue weighted by Crippen LogP contribution is -2.58. The lowest BCUT2D eigenvalue weighted by Gasteiger charge is -2.38. The lowest BCUT2D eigenvalue weighted by atomic mass is 9.73. The molecule has 5 aliphatic rings. The number of hydrogen-bond acceptors (Lipinski definition) is 5. The zero-order valence-electron chi connectivity index (χ0n) is 26.6. The Bertz CT molecular complexity index is 1260. The van der Waals surface area contributed by atoms with E-state index in [2.05, 4.69) is 42.4 Å². The fourth-order valence-corrected chi connectivity index (χ4v) is 8.78. The van der Waals surface area contributed by atoms with Crippen molar-refractivity contribution in [2.75, 3.05) is 31.5 Å². The van der Waals surface area contributed by atoms with Gasteiger partial charge in [0.2, 0.25) is 17.7 Å². The summed E-state index contributed by atoms with van der Waals surface area (Å²) in [6.07, 6.45) is 9.76. The number of carbonyl (C=O) groups excluding carboxylic acids is 3. The second-order valence-corrected chi connectivity index (χ2v) is 14.4. The molecular formula is C35H50N4O4. The van der Waals surface area contributed by atoms with Gasteiger partial charge < -0.3 is 25.2 Å². The maximum absolute atomic E-state index is 14.3. The van der Waals surface area contributed by atoms with Crippen LogP contribution in [-0.2, 0) is 19.1 Å². The number of amides is 3. The van der Waals surface area contributed by atoms with Crippen molar-refractivity contribution in [3.8, 4) is 0 Å². The van der Waals surface area contributed by atoms with Crippen LogP contribution in [-0.4, -0.2) is 77.5 Å². The van der Waals surface area contributed by atoms with Crippen LogP contribution in [0.5, 0.6) is 0 Å². The highest BCUT2D eigenvalue weighted by Crippen LogP contribution is 2.55. The minimum atomic E-state index is -1.13. The molecule has 2 N–H and O–H groups in total. The third kappa shape index (κ3) is 5.66. The lowest BCUT2D eigenvalue weighted by molar-refractivity contribution is -0.141. The molecule has 3 amide bonds. The number of nitrogens with zero attached hydrogens (tertiary/aromatic N) is 2. The van der Waals surface area contributed by atoms with Gasteiger partial charge in [0.05, 0.1) is 17.9 Å². The molecule has 1 aromatic carbocycles. The average Bonchev–Trinajstić information content (AvgIpc) is 3.58. The highest BCUT2D eigenvalue weighted by Gasteiger charge is 2.72. The second kappa shape index (κ2) is 12.0. The van der Waals surface area contributed by atoms with E-state index in [4.69, 9.17) is 4.74 Å². The third-order valence-corrected chi connectivity index (χ3v) is 11.1. The molecule has 1 aliphatic carbocycles. The molecule has 43 heavy (non-hydrogen) atoms. The van der Waals surface area contributed by atoms with Crippen LogP contribution in [0.1, 0.15) is 70.4 Å². The Kier molecular flexibility index (Phi) is 8.46. The molecule has 4 aliphatic heterocycles. The van der Waals surface area contributed by atoms with Gasteiger partial charge in [-0.25, -0.2) is 0 Å². The van der Waals surface area contributed by atoms with Crippen LogP contribution in [0.25, 0.3) is 0 Å². The van der Waals surface area contributed by atoms with E-state index in [1.807, 2.05) is 38.1 Å². The molecule has 4 heterocycles. The molecule has 1 saturated carbocycles. The van der Waals surface area contributed by atoms with Gasteiger partial charge >= 0.3 is 0 Å². The Morgan fingerprint density at radius 1 is 1.00 bits per heavy atom. The maximum Gasteiger partial charge on any atom is 0.246 e. The number of ether oxygens (including phenoxy) is 1. The number of benzene rings is 1. The Balaban J connectivity index is 1.25. The smallest absolute Gasteiger partial charge is 0.246 e. The van der Waals surface area contributed by atoms with Crippen LogP contribution in [0.3, 0.4) is 0 Å². The molecule has 2 bridgehead atoms. The van der Waals surface area contributed by atoms with Crippen molar-refractivity contribution in [1.29, 1.82) is 0 Å². The fourth-order valence-electron chi connectivity index (χ4n) is 8.78. The van der Waals surface area contributed by atoms with Gasteiger partial charge in [-0.05, 0) is 93.6 Å². The van der Waals surface area contributed by atoms with Crippen LogP contribution in [0.4, 0.5) is 5.69 Å². The molecule has 1 aromatic rings. The predicted octanol–water partition coefficient (Wildman–Crippen LogP) is 4.46. The summed E-state index contributed by atoms with van der Waals surface area (Å²) in [5.41, 5.74) is 1.71. The van der Waals surface area contributed by atoms with E-state index in [0.29, 0.717) is 24.3 Å². The number of aryl methyl sites for hydroxylation is 2. The van der Waals surface area contributed by atoms with Gasteiger partial charge in [-0.15, -0.1) is 0 Å². The van der Waals surface area contributed by atoms with E-state index < -0.39 is 29.6 Å². The molecular weight excluding hydrogens is 540 g/mol. The molecule has 6 rings (SSSR count). The zero-order valence-corrected chi connectivity index (χ0v) is 26.6. The minimum absolute atomic E-state index is 0.0738. The number of nitrogens with one attached hydrogen (secondary N) is 2. The van der Waals surface area contributed by atoms with Crippen molar-refractivity contribution < 1.29 is 19.1 Å². The molecule has 4 fully saturated rings. The third-order valence-electron chi connectivity index (χ3n) is 11.1. The van der Waals surface area contributed by atoms with E-state index in [9.17, 15) is 14.4 Å². The first-order valence-corrected chi connectivity index (χ1v) is 16.7. The number of fused-ring (bicyclic) bond motifs is 1. The molecule has 0 unspecified atom stereocenters. The van der Waals surface area contributed by atoms with Crippen LogP contribution >= 0.6 is 0 Å². The van der Waals surface area contributed by atoms with Crippen molar-refractivity contribution in [3.05, 3.63) is 41.5 Å². The van der Waals surface area contributed by atoms with Crippen molar-refractivity contribution in [3.63, 3.8) is 0 Å². The van der Waals surface area contributed by atoms with Crippen molar-refractivity contribution in [1.82, 2.24) is 15.1 Å². The van der Waals surface area contributed by atoms with Crippen molar-refractivity contribution in [2.45, 2.75) is 96.9 Å². The van der Waals surface area contributed by atoms with E-state index in [1.165, 1.54) is 19.3 Å². The van der Waals surface area contributed by atoms with Crippen molar-refractivity contribution >= 4 is 23.4 Å². The first-order valence-electron chi connectivity index (χ1n) is 16.7. The monoisotopic (exact) mass is 590 g/mol. The van der Waals surface area contributed by atoms with Crippen LogP contribution < -0.4 is 10.6 Å². The maximum atomic E-state index is 14.3. The zero-order chi connectivity index (χ0) is 30.5. The largest absolute Gasteiger partial charge is 0.359 e. The van der Waals surface area contributed by atoms with Gasteiger partial charge in [-0.2, -0.15) is 0 Å². The summed E-state index contributed by atoms with van der Waals surface area (Å²) in [7, 11) is 0. The summed E-state index contributed by atoms with van der Waals surface area (Å²) in [4.78, 5) is 46.7. The number of rotatable bonds is 8. The fraction of sp³-hybridized carbons (Fsp3) is 0.686. The quantitative estimate of drug-likeness (QED) is 0.437. The van der Waals surface area contributed by atoms with E-state index in [1.54, 1.807) is 4.90 Å². The van der Waals surface area contributed by atoms with Crippen LogP contribution in [0, 0.1) is 43.4 Å². The summed E-state index contributed by atoms with van der Waals surface area (Å²) in [6.45, 7) is 14.3. The number of carbonyl (C=O) groups is 3. The molecule has 0 radical (unpaired) electrons. The highest BCUT2D eigenvalue weighted by atomic mass is 16.5. The SMILES string of the molecule is Cc1cc(C)cc(NC(=O)[C@@H]2[C@@H]3C=C[C@]4(O3)[C@@H]2C(=O)N(CCCN2CCC[C@@H](C)C2)[C@H]4C(=O)N[C@@H]2CCC[C@H](C)[C@H]2C)c1. The molecule has 1 spiro atoms. The molecule has 8 heteroatoms.